The van der Waals surface area contributed by atoms with Crippen molar-refractivity contribution in [3.63, 3.8) is 0 Å². The van der Waals surface area contributed by atoms with Gasteiger partial charge in [-0.2, -0.15) is 30.4 Å². The number of fused-ring (bicyclic) bond motifs is 1. The van der Waals surface area contributed by atoms with Crippen molar-refractivity contribution in [3.05, 3.63) is 48.0 Å². The van der Waals surface area contributed by atoms with Gasteiger partial charge in [0.2, 0.25) is 5.91 Å². The van der Waals surface area contributed by atoms with Crippen LogP contribution in [0.1, 0.15) is 37.2 Å². The first kappa shape index (κ1) is 31.9. The number of methoxy groups -OCH3 is 1. The predicted octanol–water partition coefficient (Wildman–Crippen LogP) is 4.16. The molecule has 44 heavy (non-hydrogen) atoms. The molecule has 0 bridgehead atoms. The van der Waals surface area contributed by atoms with E-state index in [1.165, 1.54) is 37.4 Å². The highest BCUT2D eigenvalue weighted by atomic mass is 32.2. The third-order valence-corrected chi connectivity index (χ3v) is 8.68. The molecule has 240 valence electrons. The molecular weight excluding hydrogens is 617 g/mol. The van der Waals surface area contributed by atoms with E-state index in [0.29, 0.717) is 37.1 Å². The summed E-state index contributed by atoms with van der Waals surface area (Å²) in [5, 5.41) is 3.16. The molecule has 2 aromatic rings. The third kappa shape index (κ3) is 6.47. The number of amides is 2. The van der Waals surface area contributed by atoms with Crippen molar-refractivity contribution in [1.82, 2.24) is 5.32 Å². The van der Waals surface area contributed by atoms with Gasteiger partial charge in [-0.1, -0.05) is 12.1 Å². The number of benzene rings is 2. The maximum Gasteiger partial charge on any atom is 0.534 e. The molecule has 0 aromatic heterocycles. The van der Waals surface area contributed by atoms with E-state index in [0.717, 1.165) is 11.0 Å². The fourth-order valence-corrected chi connectivity index (χ4v) is 5.96. The number of ether oxygens (including phenoxy) is 2. The van der Waals surface area contributed by atoms with E-state index in [4.69, 9.17) is 9.47 Å². The SMILES string of the molecule is COCCCN1C(=O)C(F)(F)Oc2ccc(N(C(=O)[C@H]3CNCC[C@@H]3c3cccc(OS(=O)(=O)C(F)(F)F)c3)C3CC3)cc21. The number of alkyl halides is 5. The second kappa shape index (κ2) is 12.1. The smallest absolute Gasteiger partial charge is 0.423 e. The number of hydrogen-bond acceptors (Lipinski definition) is 8. The van der Waals surface area contributed by atoms with Gasteiger partial charge >= 0.3 is 27.6 Å². The summed E-state index contributed by atoms with van der Waals surface area (Å²) in [6, 6.07) is 9.23. The molecule has 0 spiro atoms. The number of halogens is 5. The number of anilines is 2. The molecule has 2 amide bonds. The van der Waals surface area contributed by atoms with Gasteiger partial charge in [-0.15, -0.1) is 0 Å². The van der Waals surface area contributed by atoms with Gasteiger partial charge in [0.25, 0.3) is 0 Å². The fourth-order valence-electron chi connectivity index (χ4n) is 5.51. The minimum atomic E-state index is -5.89. The van der Waals surface area contributed by atoms with Gasteiger partial charge in [0, 0.05) is 38.5 Å². The maximum absolute atomic E-state index is 14.4. The highest BCUT2D eigenvalue weighted by molar-refractivity contribution is 7.88. The quantitative estimate of drug-likeness (QED) is 0.177. The van der Waals surface area contributed by atoms with Crippen LogP contribution in [0.15, 0.2) is 42.5 Å². The lowest BCUT2D eigenvalue weighted by Crippen LogP contribution is -2.51. The molecule has 1 aliphatic carbocycles. The van der Waals surface area contributed by atoms with Crippen LogP contribution in [0.25, 0.3) is 0 Å². The Kier molecular flexibility index (Phi) is 8.79. The van der Waals surface area contributed by atoms with Crippen molar-refractivity contribution in [2.75, 3.05) is 43.2 Å². The average molecular weight is 648 g/mol. The zero-order valence-corrected chi connectivity index (χ0v) is 24.3. The number of nitrogens with one attached hydrogen (secondary N) is 1. The van der Waals surface area contributed by atoms with E-state index in [-0.39, 0.29) is 49.5 Å². The molecule has 1 saturated heterocycles. The van der Waals surface area contributed by atoms with Gasteiger partial charge in [-0.25, -0.2) is 0 Å². The molecule has 1 N–H and O–H groups in total. The van der Waals surface area contributed by atoms with Gasteiger partial charge in [0.1, 0.15) is 5.75 Å². The van der Waals surface area contributed by atoms with E-state index < -0.39 is 45.2 Å². The minimum Gasteiger partial charge on any atom is -0.423 e. The van der Waals surface area contributed by atoms with Crippen LogP contribution in [0.2, 0.25) is 0 Å². The molecule has 10 nitrogen and oxygen atoms in total. The van der Waals surface area contributed by atoms with Crippen molar-refractivity contribution < 1.29 is 53.6 Å². The topological polar surface area (TPSA) is 114 Å². The maximum atomic E-state index is 14.4. The Morgan fingerprint density at radius 2 is 1.91 bits per heavy atom. The number of rotatable bonds is 10. The van der Waals surface area contributed by atoms with Crippen LogP contribution in [-0.4, -0.2) is 71.2 Å². The standard InChI is InChI=1S/C28H30F5N3O7S/c1-41-13-3-12-35-23-15-19(8-9-24(23)42-27(29,30)26(35)38)36(18-6-7-18)25(37)22-16-34-11-10-21(22)17-4-2-5-20(14-17)43-44(39,40)28(31,32)33/h2,4-5,8-9,14-15,18,21-22,34H,3,6-7,10-13,16H2,1H3/t21-,22+/m1/s1. The Balaban J connectivity index is 1.45. The lowest BCUT2D eigenvalue weighted by molar-refractivity contribution is -0.192. The van der Waals surface area contributed by atoms with Crippen LogP contribution in [0, 0.1) is 5.92 Å². The molecule has 5 rings (SSSR count). The van der Waals surface area contributed by atoms with Crippen molar-refractivity contribution >= 4 is 33.3 Å². The zero-order chi connectivity index (χ0) is 31.9. The zero-order valence-electron chi connectivity index (χ0n) is 23.5. The van der Waals surface area contributed by atoms with Crippen LogP contribution < -0.4 is 24.0 Å². The lowest BCUT2D eigenvalue weighted by Gasteiger charge is -2.37. The molecule has 1 saturated carbocycles. The van der Waals surface area contributed by atoms with Crippen LogP contribution in [-0.2, 0) is 24.4 Å². The van der Waals surface area contributed by atoms with Gasteiger partial charge < -0.3 is 28.8 Å². The molecule has 3 aliphatic rings. The van der Waals surface area contributed by atoms with Gasteiger partial charge in [0.05, 0.1) is 11.6 Å². The van der Waals surface area contributed by atoms with E-state index in [1.807, 2.05) is 0 Å². The van der Waals surface area contributed by atoms with Crippen molar-refractivity contribution in [2.45, 2.75) is 49.3 Å². The first-order chi connectivity index (χ1) is 20.7. The van der Waals surface area contributed by atoms with Crippen molar-refractivity contribution in [2.24, 2.45) is 5.92 Å². The Labute approximate surface area is 250 Å². The third-order valence-electron chi connectivity index (χ3n) is 7.70. The van der Waals surface area contributed by atoms with E-state index in [9.17, 15) is 40.0 Å². The molecule has 2 atom stereocenters. The number of hydrogen-bond donors (Lipinski definition) is 1. The Hall–Kier alpha value is -3.50. The summed E-state index contributed by atoms with van der Waals surface area (Å²) in [5.41, 5.74) is -4.73. The summed E-state index contributed by atoms with van der Waals surface area (Å²) in [5.74, 6) is -3.83. The first-order valence-electron chi connectivity index (χ1n) is 13.9. The number of piperidine rings is 1. The fraction of sp³-hybridized carbons (Fsp3) is 0.500. The average Bonchev–Trinajstić information content (AvgIpc) is 3.80. The summed E-state index contributed by atoms with van der Waals surface area (Å²) >= 11 is 0. The second-order valence-electron chi connectivity index (χ2n) is 10.8. The minimum absolute atomic E-state index is 0.0729. The first-order valence-corrected chi connectivity index (χ1v) is 15.3. The van der Waals surface area contributed by atoms with Crippen molar-refractivity contribution in [3.8, 4) is 11.5 Å². The van der Waals surface area contributed by atoms with Gasteiger partial charge in [-0.05, 0) is 74.0 Å². The van der Waals surface area contributed by atoms with Gasteiger partial charge in [-0.3, -0.25) is 9.59 Å². The summed E-state index contributed by atoms with van der Waals surface area (Å²) in [4.78, 5) is 29.3. The number of carbonyl (C=O) groups is 2. The van der Waals surface area contributed by atoms with Crippen LogP contribution in [0.5, 0.6) is 11.5 Å². The molecular formula is C28H30F5N3O7S. The molecule has 2 aromatic carbocycles. The second-order valence-corrected chi connectivity index (χ2v) is 12.3. The number of nitrogens with zero attached hydrogens (tertiary/aromatic N) is 2. The monoisotopic (exact) mass is 647 g/mol. The molecule has 2 aliphatic heterocycles. The molecule has 0 radical (unpaired) electrons. The van der Waals surface area contributed by atoms with Crippen LogP contribution >= 0.6 is 0 Å². The summed E-state index contributed by atoms with van der Waals surface area (Å²) < 4.78 is 105. The summed E-state index contributed by atoms with van der Waals surface area (Å²) in [7, 11) is -4.44. The predicted molar refractivity (Wildman–Crippen MR) is 147 cm³/mol. The molecule has 2 heterocycles. The van der Waals surface area contributed by atoms with E-state index in [2.05, 4.69) is 9.50 Å². The molecule has 2 fully saturated rings. The lowest BCUT2D eigenvalue weighted by atomic mass is 9.80. The van der Waals surface area contributed by atoms with E-state index >= 15 is 0 Å². The Bertz CT molecular complexity index is 1520. The van der Waals surface area contributed by atoms with E-state index in [1.54, 1.807) is 11.0 Å². The van der Waals surface area contributed by atoms with Crippen LogP contribution in [0.3, 0.4) is 0 Å². The molecule has 0 unspecified atom stereocenters. The van der Waals surface area contributed by atoms with Crippen molar-refractivity contribution in [1.29, 1.82) is 0 Å². The molecule has 16 heteroatoms. The normalized spacial score (nSPS) is 21.8. The van der Waals surface area contributed by atoms with Gasteiger partial charge in [0.15, 0.2) is 5.75 Å². The van der Waals surface area contributed by atoms with Crippen LogP contribution in [0.4, 0.5) is 33.3 Å². The summed E-state index contributed by atoms with van der Waals surface area (Å²) in [6.07, 6.45) is -2.02. The highest BCUT2D eigenvalue weighted by Gasteiger charge is 2.51. The number of carbonyl (C=O) groups excluding carboxylic acids is 2. The summed E-state index contributed by atoms with van der Waals surface area (Å²) in [6.45, 7) is 0.867. The Morgan fingerprint density at radius 3 is 2.59 bits per heavy atom. The Morgan fingerprint density at radius 1 is 1.16 bits per heavy atom. The largest absolute Gasteiger partial charge is 0.534 e. The highest BCUT2D eigenvalue weighted by Crippen LogP contribution is 2.44.